The number of guanidine groups is 1. The summed E-state index contributed by atoms with van der Waals surface area (Å²) in [5, 5.41) is 9.77. The van der Waals surface area contributed by atoms with Crippen LogP contribution in [0.15, 0.2) is 29.3 Å². The van der Waals surface area contributed by atoms with Crippen molar-refractivity contribution >= 4 is 17.7 Å². The first-order chi connectivity index (χ1) is 14.2. The number of hydrogen-bond donors (Lipinski definition) is 3. The van der Waals surface area contributed by atoms with Gasteiger partial charge in [0.1, 0.15) is 0 Å². The largest absolute Gasteiger partial charge is 0.357 e. The fraction of sp³-hybridized carbons (Fsp3) is 0.636. The minimum atomic E-state index is -0.00382. The lowest BCUT2D eigenvalue weighted by molar-refractivity contribution is 0.222. The highest BCUT2D eigenvalue weighted by atomic mass is 16.2. The van der Waals surface area contributed by atoms with Crippen molar-refractivity contribution in [2.45, 2.75) is 45.6 Å². The van der Waals surface area contributed by atoms with E-state index in [0.717, 1.165) is 62.8 Å². The Hall–Kier alpha value is -2.28. The van der Waals surface area contributed by atoms with E-state index >= 15 is 0 Å². The fourth-order valence-electron chi connectivity index (χ4n) is 3.90. The predicted octanol–water partition coefficient (Wildman–Crippen LogP) is 2.86. The molecule has 7 nitrogen and oxygen atoms in total. The summed E-state index contributed by atoms with van der Waals surface area (Å²) in [6.07, 6.45) is 6.20. The molecule has 3 rings (SSSR count). The number of benzene rings is 1. The summed E-state index contributed by atoms with van der Waals surface area (Å²) in [4.78, 5) is 21.4. The van der Waals surface area contributed by atoms with Crippen LogP contribution in [0.1, 0.15) is 44.6 Å². The Bertz CT molecular complexity index is 665. The second kappa shape index (κ2) is 11.7. The Morgan fingerprint density at radius 3 is 2.55 bits per heavy atom. The van der Waals surface area contributed by atoms with Gasteiger partial charge in [0.05, 0.1) is 6.54 Å². The molecule has 0 aliphatic carbocycles. The first-order valence-electron chi connectivity index (χ1n) is 11.1. The number of likely N-dealkylation sites (tertiary alicyclic amines) is 2. The number of amides is 2. The molecular weight excluding hydrogens is 364 g/mol. The first-order valence-corrected chi connectivity index (χ1v) is 11.1. The quantitative estimate of drug-likeness (QED) is 0.486. The zero-order valence-corrected chi connectivity index (χ0v) is 17.8. The molecule has 7 heteroatoms. The van der Waals surface area contributed by atoms with Crippen molar-refractivity contribution in [3.63, 3.8) is 0 Å². The standard InChI is InChI=1S/C22H36N6O/c1-2-23-21(24-11-16-27-12-4-3-5-13-27)25-18-19-9-8-10-20(17-19)26-22(29)28-14-6-7-15-28/h8-10,17H,2-7,11-16,18H2,1H3,(H,26,29)(H2,23,24,25). The molecular formula is C22H36N6O. The number of carbonyl (C=O) groups excluding carboxylic acids is 1. The summed E-state index contributed by atoms with van der Waals surface area (Å²) >= 11 is 0. The van der Waals surface area contributed by atoms with Crippen LogP contribution in [0, 0.1) is 0 Å². The van der Waals surface area contributed by atoms with E-state index in [0.29, 0.717) is 6.54 Å². The number of piperidine rings is 1. The number of nitrogens with zero attached hydrogens (tertiary/aromatic N) is 3. The SMILES string of the molecule is CCNC(=NCc1cccc(NC(=O)N2CCCC2)c1)NCCN1CCCCC1. The van der Waals surface area contributed by atoms with E-state index in [1.165, 1.54) is 32.4 Å². The average Bonchev–Trinajstić information content (AvgIpc) is 3.28. The minimum absolute atomic E-state index is 0.00382. The molecule has 0 radical (unpaired) electrons. The van der Waals surface area contributed by atoms with Crippen LogP contribution in [-0.2, 0) is 6.54 Å². The summed E-state index contributed by atoms with van der Waals surface area (Å²) in [5.74, 6) is 0.844. The van der Waals surface area contributed by atoms with Gasteiger partial charge in [-0.25, -0.2) is 9.79 Å². The smallest absolute Gasteiger partial charge is 0.321 e. The summed E-state index contributed by atoms with van der Waals surface area (Å²) in [6, 6.07) is 7.96. The molecule has 1 aromatic carbocycles. The number of nitrogens with one attached hydrogen (secondary N) is 3. The lowest BCUT2D eigenvalue weighted by atomic mass is 10.1. The normalized spacial score (nSPS) is 18.0. The Morgan fingerprint density at radius 1 is 1.03 bits per heavy atom. The van der Waals surface area contributed by atoms with Crippen molar-refractivity contribution < 1.29 is 4.79 Å². The van der Waals surface area contributed by atoms with Gasteiger partial charge in [0.15, 0.2) is 5.96 Å². The molecule has 0 atom stereocenters. The molecule has 0 bridgehead atoms. The van der Waals surface area contributed by atoms with Crippen LogP contribution in [0.2, 0.25) is 0 Å². The van der Waals surface area contributed by atoms with Gasteiger partial charge < -0.3 is 25.8 Å². The van der Waals surface area contributed by atoms with Gasteiger partial charge in [0.25, 0.3) is 0 Å². The lowest BCUT2D eigenvalue weighted by Crippen LogP contribution is -2.42. The molecule has 0 saturated carbocycles. The molecule has 2 amide bonds. The van der Waals surface area contributed by atoms with Gasteiger partial charge in [0.2, 0.25) is 0 Å². The van der Waals surface area contributed by atoms with E-state index in [4.69, 9.17) is 4.99 Å². The summed E-state index contributed by atoms with van der Waals surface area (Å²) in [6.45, 7) is 9.58. The zero-order valence-electron chi connectivity index (χ0n) is 17.8. The number of anilines is 1. The number of urea groups is 1. The van der Waals surface area contributed by atoms with Crippen LogP contribution in [0.3, 0.4) is 0 Å². The first kappa shape index (κ1) is 21.4. The molecule has 0 spiro atoms. The van der Waals surface area contributed by atoms with Crippen molar-refractivity contribution in [1.29, 1.82) is 0 Å². The topological polar surface area (TPSA) is 72.0 Å². The number of rotatable bonds is 7. The third-order valence-corrected chi connectivity index (χ3v) is 5.50. The Balaban J connectivity index is 1.49. The van der Waals surface area contributed by atoms with Crippen LogP contribution < -0.4 is 16.0 Å². The van der Waals surface area contributed by atoms with Crippen molar-refractivity contribution in [2.75, 3.05) is 51.1 Å². The Morgan fingerprint density at radius 2 is 1.79 bits per heavy atom. The number of carbonyl (C=O) groups is 1. The second-order valence-electron chi connectivity index (χ2n) is 7.85. The second-order valence-corrected chi connectivity index (χ2v) is 7.85. The Kier molecular flexibility index (Phi) is 8.61. The van der Waals surface area contributed by atoms with Crippen LogP contribution in [0.4, 0.5) is 10.5 Å². The van der Waals surface area contributed by atoms with Crippen molar-refractivity contribution in [3.05, 3.63) is 29.8 Å². The van der Waals surface area contributed by atoms with E-state index in [-0.39, 0.29) is 6.03 Å². The molecule has 0 unspecified atom stereocenters. The van der Waals surface area contributed by atoms with Crippen molar-refractivity contribution in [2.24, 2.45) is 4.99 Å². The molecule has 0 aromatic heterocycles. The monoisotopic (exact) mass is 400 g/mol. The predicted molar refractivity (Wildman–Crippen MR) is 119 cm³/mol. The minimum Gasteiger partial charge on any atom is -0.357 e. The highest BCUT2D eigenvalue weighted by Gasteiger charge is 2.17. The highest BCUT2D eigenvalue weighted by Crippen LogP contribution is 2.14. The molecule has 2 fully saturated rings. The molecule has 3 N–H and O–H groups in total. The van der Waals surface area contributed by atoms with Crippen LogP contribution in [0.25, 0.3) is 0 Å². The van der Waals surface area contributed by atoms with Gasteiger partial charge in [-0.3, -0.25) is 0 Å². The average molecular weight is 401 g/mol. The Labute approximate surface area is 174 Å². The van der Waals surface area contributed by atoms with E-state index in [2.05, 4.69) is 27.8 Å². The summed E-state index contributed by atoms with van der Waals surface area (Å²) in [5.41, 5.74) is 1.91. The van der Waals surface area contributed by atoms with Crippen LogP contribution in [0.5, 0.6) is 0 Å². The molecule has 29 heavy (non-hydrogen) atoms. The van der Waals surface area contributed by atoms with Crippen LogP contribution in [-0.4, -0.2) is 67.6 Å². The molecule has 1 aromatic rings. The van der Waals surface area contributed by atoms with Gasteiger partial charge in [-0.15, -0.1) is 0 Å². The third kappa shape index (κ3) is 7.24. The maximum atomic E-state index is 12.3. The van der Waals surface area contributed by atoms with E-state index < -0.39 is 0 Å². The summed E-state index contributed by atoms with van der Waals surface area (Å²) < 4.78 is 0. The lowest BCUT2D eigenvalue weighted by Gasteiger charge is -2.26. The molecule has 2 aliphatic heterocycles. The van der Waals surface area contributed by atoms with E-state index in [1.807, 2.05) is 29.2 Å². The molecule has 2 saturated heterocycles. The maximum absolute atomic E-state index is 12.3. The molecule has 2 heterocycles. The zero-order chi connectivity index (χ0) is 20.3. The van der Waals surface area contributed by atoms with Crippen LogP contribution >= 0.6 is 0 Å². The highest BCUT2D eigenvalue weighted by molar-refractivity contribution is 5.89. The number of aliphatic imine (C=N–C) groups is 1. The molecule has 160 valence electrons. The fourth-order valence-corrected chi connectivity index (χ4v) is 3.90. The van der Waals surface area contributed by atoms with E-state index in [1.54, 1.807) is 0 Å². The van der Waals surface area contributed by atoms with Gasteiger partial charge in [-0.2, -0.15) is 0 Å². The molecule has 2 aliphatic rings. The van der Waals surface area contributed by atoms with Gasteiger partial charge in [-0.05, 0) is 63.4 Å². The van der Waals surface area contributed by atoms with Gasteiger partial charge in [-0.1, -0.05) is 18.6 Å². The van der Waals surface area contributed by atoms with Crippen molar-refractivity contribution in [1.82, 2.24) is 20.4 Å². The maximum Gasteiger partial charge on any atom is 0.321 e. The van der Waals surface area contributed by atoms with Gasteiger partial charge >= 0.3 is 6.03 Å². The van der Waals surface area contributed by atoms with Gasteiger partial charge in [0, 0.05) is 38.4 Å². The number of hydrogen-bond acceptors (Lipinski definition) is 3. The third-order valence-electron chi connectivity index (χ3n) is 5.50. The summed E-state index contributed by atoms with van der Waals surface area (Å²) in [7, 11) is 0. The van der Waals surface area contributed by atoms with Crippen molar-refractivity contribution in [3.8, 4) is 0 Å². The van der Waals surface area contributed by atoms with E-state index in [9.17, 15) is 4.79 Å².